The highest BCUT2D eigenvalue weighted by molar-refractivity contribution is 7.10. The summed E-state index contributed by atoms with van der Waals surface area (Å²) in [5.74, 6) is -0.258. The van der Waals surface area contributed by atoms with E-state index in [1.165, 1.54) is 16.2 Å². The summed E-state index contributed by atoms with van der Waals surface area (Å²) >= 11 is 1.43. The summed E-state index contributed by atoms with van der Waals surface area (Å²) in [7, 11) is 0. The van der Waals surface area contributed by atoms with Gasteiger partial charge >= 0.3 is 0 Å². The molecule has 0 radical (unpaired) electrons. The summed E-state index contributed by atoms with van der Waals surface area (Å²) in [4.78, 5) is 28.5. The largest absolute Gasteiger partial charge is 0.507 e. The number of amides is 1. The van der Waals surface area contributed by atoms with Crippen LogP contribution in [0.2, 0.25) is 0 Å². The van der Waals surface area contributed by atoms with Gasteiger partial charge in [-0.3, -0.25) is 14.5 Å². The number of benzene rings is 3. The normalized spacial score (nSPS) is 17.3. The molecule has 0 aliphatic carbocycles. The number of Topliss-reactive ketones (excluding diaryl/α,β-unsaturated/α-hetero) is 1. The first kappa shape index (κ1) is 20.7. The summed E-state index contributed by atoms with van der Waals surface area (Å²) in [6, 6.07) is 28.2. The molecule has 0 saturated carbocycles. The number of para-hydroxylation sites is 1. The van der Waals surface area contributed by atoms with Gasteiger partial charge in [0.1, 0.15) is 23.3 Å². The lowest BCUT2D eigenvalue weighted by Crippen LogP contribution is -2.29. The van der Waals surface area contributed by atoms with Crippen LogP contribution in [0.5, 0.6) is 11.5 Å². The van der Waals surface area contributed by atoms with Gasteiger partial charge in [-0.2, -0.15) is 0 Å². The Bertz CT molecular complexity index is 1310. The van der Waals surface area contributed by atoms with Gasteiger partial charge in [0.05, 0.1) is 5.57 Å². The van der Waals surface area contributed by atoms with Crippen LogP contribution in [0.15, 0.2) is 108 Å². The number of carbonyl (C=O) groups is 2. The third kappa shape index (κ3) is 3.92. The number of ether oxygens (including phenoxy) is 1. The SMILES string of the molecule is O=C1C(=O)N(c2ccc(Oc3ccccc3)cc2)C(c2cccs2)/C1=C(/O)c1ccccc1. The minimum atomic E-state index is -0.717. The van der Waals surface area contributed by atoms with Crippen LogP contribution in [0.3, 0.4) is 0 Å². The highest BCUT2D eigenvalue weighted by Gasteiger charge is 2.47. The predicted molar refractivity (Wildman–Crippen MR) is 129 cm³/mol. The van der Waals surface area contributed by atoms with Crippen LogP contribution in [0, 0.1) is 0 Å². The highest BCUT2D eigenvalue weighted by Crippen LogP contribution is 2.43. The fraction of sp³-hybridized carbons (Fsp3) is 0.0370. The first-order chi connectivity index (χ1) is 16.1. The molecule has 2 heterocycles. The summed E-state index contributed by atoms with van der Waals surface area (Å²) < 4.78 is 5.84. The Hall–Kier alpha value is -4.16. The van der Waals surface area contributed by atoms with Crippen molar-refractivity contribution >= 4 is 34.5 Å². The fourth-order valence-corrected chi connectivity index (χ4v) is 4.69. The highest BCUT2D eigenvalue weighted by atomic mass is 32.1. The predicted octanol–water partition coefficient (Wildman–Crippen LogP) is 6.17. The molecular formula is C27H19NO4S. The van der Waals surface area contributed by atoms with E-state index in [1.807, 2.05) is 53.9 Å². The molecule has 5 rings (SSSR count). The molecule has 6 heteroatoms. The van der Waals surface area contributed by atoms with Crippen LogP contribution in [-0.2, 0) is 9.59 Å². The number of anilines is 1. The molecule has 33 heavy (non-hydrogen) atoms. The van der Waals surface area contributed by atoms with E-state index in [0.717, 1.165) is 4.88 Å². The zero-order valence-corrected chi connectivity index (χ0v) is 18.2. The van der Waals surface area contributed by atoms with Crippen molar-refractivity contribution in [3.8, 4) is 11.5 Å². The Morgan fingerprint density at radius 3 is 2.06 bits per heavy atom. The summed E-state index contributed by atoms with van der Waals surface area (Å²) in [5.41, 5.74) is 1.12. The van der Waals surface area contributed by atoms with E-state index >= 15 is 0 Å². The molecule has 1 aliphatic heterocycles. The van der Waals surface area contributed by atoms with Crippen molar-refractivity contribution in [2.24, 2.45) is 0 Å². The number of rotatable bonds is 5. The number of nitrogens with zero attached hydrogens (tertiary/aromatic N) is 1. The molecular weight excluding hydrogens is 434 g/mol. The molecule has 0 bridgehead atoms. The maximum atomic E-state index is 13.1. The number of aliphatic hydroxyl groups excluding tert-OH is 1. The van der Waals surface area contributed by atoms with Gasteiger partial charge in [-0.15, -0.1) is 11.3 Å². The Morgan fingerprint density at radius 1 is 0.788 bits per heavy atom. The zero-order valence-electron chi connectivity index (χ0n) is 17.4. The standard InChI is InChI=1S/C27H19NO4S/c29-25(18-8-3-1-4-9-18)23-24(22-12-7-17-33-22)28(27(31)26(23)30)19-13-15-21(16-14-19)32-20-10-5-2-6-11-20/h1-17,24,29H/b25-23-. The second kappa shape index (κ2) is 8.76. The van der Waals surface area contributed by atoms with Gasteiger partial charge in [-0.1, -0.05) is 54.6 Å². The van der Waals surface area contributed by atoms with Gasteiger partial charge in [0, 0.05) is 16.1 Å². The second-order valence-corrected chi connectivity index (χ2v) is 8.44. The van der Waals surface area contributed by atoms with Gasteiger partial charge in [-0.25, -0.2) is 0 Å². The van der Waals surface area contributed by atoms with Crippen molar-refractivity contribution in [2.75, 3.05) is 4.90 Å². The number of carbonyl (C=O) groups excluding carboxylic acids is 2. The van der Waals surface area contributed by atoms with E-state index < -0.39 is 17.7 Å². The number of hydrogen-bond acceptors (Lipinski definition) is 5. The Labute approximate surface area is 194 Å². The average Bonchev–Trinajstić information content (AvgIpc) is 3.47. The van der Waals surface area contributed by atoms with Crippen molar-refractivity contribution in [1.82, 2.24) is 0 Å². The van der Waals surface area contributed by atoms with Crippen LogP contribution in [0.25, 0.3) is 5.76 Å². The molecule has 1 aliphatic rings. The minimum Gasteiger partial charge on any atom is -0.507 e. The lowest BCUT2D eigenvalue weighted by Gasteiger charge is -2.24. The molecule has 1 saturated heterocycles. The van der Waals surface area contributed by atoms with E-state index in [-0.39, 0.29) is 11.3 Å². The van der Waals surface area contributed by atoms with E-state index in [0.29, 0.717) is 22.7 Å². The van der Waals surface area contributed by atoms with Crippen LogP contribution < -0.4 is 9.64 Å². The quantitative estimate of drug-likeness (QED) is 0.223. The lowest BCUT2D eigenvalue weighted by molar-refractivity contribution is -0.132. The summed E-state index contributed by atoms with van der Waals surface area (Å²) in [6.45, 7) is 0. The van der Waals surface area contributed by atoms with Crippen LogP contribution >= 0.6 is 11.3 Å². The molecule has 1 fully saturated rings. The smallest absolute Gasteiger partial charge is 0.300 e. The first-order valence-electron chi connectivity index (χ1n) is 10.4. The van der Waals surface area contributed by atoms with Crippen LogP contribution in [-0.4, -0.2) is 16.8 Å². The zero-order chi connectivity index (χ0) is 22.8. The number of hydrogen-bond donors (Lipinski definition) is 1. The van der Waals surface area contributed by atoms with Crippen LogP contribution in [0.4, 0.5) is 5.69 Å². The molecule has 1 N–H and O–H groups in total. The Morgan fingerprint density at radius 2 is 1.42 bits per heavy atom. The summed E-state index contributed by atoms with van der Waals surface area (Å²) in [5, 5.41) is 12.9. The molecule has 0 spiro atoms. The average molecular weight is 454 g/mol. The first-order valence-corrected chi connectivity index (χ1v) is 11.2. The van der Waals surface area contributed by atoms with Crippen LogP contribution in [0.1, 0.15) is 16.5 Å². The number of ketones is 1. The van der Waals surface area contributed by atoms with E-state index in [1.54, 1.807) is 48.5 Å². The molecule has 1 aromatic heterocycles. The van der Waals surface area contributed by atoms with Gasteiger partial charge in [0.15, 0.2) is 0 Å². The third-order valence-electron chi connectivity index (χ3n) is 5.40. The third-order valence-corrected chi connectivity index (χ3v) is 6.32. The number of aliphatic hydroxyl groups is 1. The van der Waals surface area contributed by atoms with Gasteiger partial charge in [0.2, 0.25) is 0 Å². The molecule has 162 valence electrons. The Balaban J connectivity index is 1.55. The van der Waals surface area contributed by atoms with Gasteiger partial charge in [-0.05, 0) is 47.8 Å². The number of thiophene rings is 1. The van der Waals surface area contributed by atoms with Crippen molar-refractivity contribution in [3.63, 3.8) is 0 Å². The topological polar surface area (TPSA) is 66.8 Å². The van der Waals surface area contributed by atoms with E-state index in [9.17, 15) is 14.7 Å². The van der Waals surface area contributed by atoms with Gasteiger partial charge in [0.25, 0.3) is 11.7 Å². The van der Waals surface area contributed by atoms with Gasteiger partial charge < -0.3 is 9.84 Å². The molecule has 3 aromatic carbocycles. The second-order valence-electron chi connectivity index (χ2n) is 7.46. The van der Waals surface area contributed by atoms with Crippen molar-refractivity contribution < 1.29 is 19.4 Å². The fourth-order valence-electron chi connectivity index (χ4n) is 3.87. The molecule has 1 unspecified atom stereocenters. The summed E-state index contributed by atoms with van der Waals surface area (Å²) in [6.07, 6.45) is 0. The molecule has 4 aromatic rings. The van der Waals surface area contributed by atoms with Crippen molar-refractivity contribution in [2.45, 2.75) is 6.04 Å². The van der Waals surface area contributed by atoms with Crippen molar-refractivity contribution in [1.29, 1.82) is 0 Å². The maximum Gasteiger partial charge on any atom is 0.300 e. The Kier molecular flexibility index (Phi) is 5.50. The monoisotopic (exact) mass is 453 g/mol. The minimum absolute atomic E-state index is 0.0817. The molecule has 5 nitrogen and oxygen atoms in total. The lowest BCUT2D eigenvalue weighted by atomic mass is 10.00. The van der Waals surface area contributed by atoms with Crippen molar-refractivity contribution in [3.05, 3.63) is 118 Å². The molecule has 1 atom stereocenters. The maximum absolute atomic E-state index is 13.1. The van der Waals surface area contributed by atoms with E-state index in [4.69, 9.17) is 4.74 Å². The van der Waals surface area contributed by atoms with E-state index in [2.05, 4.69) is 0 Å². The molecule has 1 amide bonds.